The Bertz CT molecular complexity index is 865. The molecule has 3 atom stereocenters. The highest BCUT2D eigenvalue weighted by Crippen LogP contribution is 2.10. The van der Waals surface area contributed by atoms with E-state index >= 15 is 0 Å². The number of allylic oxidation sites excluding steroid dienone is 7. The van der Waals surface area contributed by atoms with Crippen molar-refractivity contribution in [1.29, 1.82) is 0 Å². The largest absolute Gasteiger partial charge is 0.387 e. The normalized spacial score (nSPS) is 14.9. The highest BCUT2D eigenvalue weighted by atomic mass is 32.2. The van der Waals surface area contributed by atoms with Crippen LogP contribution in [0.1, 0.15) is 136 Å². The van der Waals surface area contributed by atoms with Gasteiger partial charge in [-0.15, -0.1) is 0 Å². The summed E-state index contributed by atoms with van der Waals surface area (Å²) in [6.07, 6.45) is 33.1. The fraction of sp³-hybridized carbons (Fsp3) is 0.735. The molecule has 1 amide bonds. The molecule has 8 heteroatoms. The third kappa shape index (κ3) is 27.1. The van der Waals surface area contributed by atoms with E-state index in [1.54, 1.807) is 6.08 Å². The first-order valence-corrected chi connectivity index (χ1v) is 18.1. The van der Waals surface area contributed by atoms with Gasteiger partial charge in [0, 0.05) is 0 Å². The maximum Gasteiger partial charge on any atom is 0.267 e. The molecule has 3 unspecified atom stereocenters. The van der Waals surface area contributed by atoms with Crippen LogP contribution in [0.4, 0.5) is 0 Å². The molecule has 42 heavy (non-hydrogen) atoms. The zero-order valence-electron chi connectivity index (χ0n) is 26.5. The molecule has 0 heterocycles. The molecular formula is C34H61NO6S. The lowest BCUT2D eigenvalue weighted by Gasteiger charge is -2.22. The van der Waals surface area contributed by atoms with E-state index in [4.69, 9.17) is 0 Å². The topological polar surface area (TPSA) is 124 Å². The number of nitrogens with one attached hydrogen (secondary N) is 1. The summed E-state index contributed by atoms with van der Waals surface area (Å²) >= 11 is 0. The van der Waals surface area contributed by atoms with Gasteiger partial charge in [-0.25, -0.2) is 0 Å². The minimum atomic E-state index is -4.45. The second kappa shape index (κ2) is 28.1. The van der Waals surface area contributed by atoms with Gasteiger partial charge in [0.2, 0.25) is 5.91 Å². The highest BCUT2D eigenvalue weighted by molar-refractivity contribution is 7.85. The Balaban J connectivity index is 4.33. The highest BCUT2D eigenvalue weighted by Gasteiger charge is 2.27. The average molecular weight is 612 g/mol. The third-order valence-corrected chi connectivity index (χ3v) is 7.84. The maximum atomic E-state index is 12.5. The van der Waals surface area contributed by atoms with E-state index in [0.717, 1.165) is 57.8 Å². The molecule has 0 aliphatic carbocycles. The summed E-state index contributed by atoms with van der Waals surface area (Å²) in [5.41, 5.74) is 0. The van der Waals surface area contributed by atoms with Crippen LogP contribution in [0.2, 0.25) is 0 Å². The molecule has 4 N–H and O–H groups in total. The molecule has 0 rings (SSSR count). The van der Waals surface area contributed by atoms with Crippen molar-refractivity contribution in [2.75, 3.05) is 5.75 Å². The van der Waals surface area contributed by atoms with Gasteiger partial charge in [-0.1, -0.05) is 114 Å². The van der Waals surface area contributed by atoms with E-state index in [2.05, 4.69) is 55.6 Å². The molecule has 0 aromatic rings. The standard InChI is InChI=1S/C34H61NO6S/c1-3-5-7-9-11-13-15-16-17-19-20-22-24-26-28-32(36)31(30-42(39,40)41)35-34(38)33(37)29-27-25-23-21-18-14-12-10-8-6-4-2/h12-15,19-20,26,28,31-33,36-37H,3-11,16-18,21-25,27,29-30H2,1-2H3,(H,35,38)(H,39,40,41)/b14-12-,15-13+,20-19+,28-26+. The van der Waals surface area contributed by atoms with Gasteiger partial charge in [0.25, 0.3) is 10.1 Å². The molecule has 0 fully saturated rings. The van der Waals surface area contributed by atoms with Crippen LogP contribution in [0.3, 0.4) is 0 Å². The summed E-state index contributed by atoms with van der Waals surface area (Å²) in [6.45, 7) is 4.41. The Labute approximate surface area is 257 Å². The van der Waals surface area contributed by atoms with Crippen LogP contribution in [0.25, 0.3) is 0 Å². The Morgan fingerprint density at radius 3 is 1.60 bits per heavy atom. The molecule has 0 aromatic carbocycles. The molecule has 0 saturated heterocycles. The van der Waals surface area contributed by atoms with Crippen molar-refractivity contribution in [3.63, 3.8) is 0 Å². The zero-order valence-corrected chi connectivity index (χ0v) is 27.3. The van der Waals surface area contributed by atoms with Crippen LogP contribution >= 0.6 is 0 Å². The second-order valence-electron chi connectivity index (χ2n) is 11.2. The van der Waals surface area contributed by atoms with E-state index in [-0.39, 0.29) is 6.42 Å². The van der Waals surface area contributed by atoms with Crippen molar-refractivity contribution in [2.24, 2.45) is 0 Å². The van der Waals surface area contributed by atoms with Gasteiger partial charge in [0.1, 0.15) is 6.10 Å². The van der Waals surface area contributed by atoms with Crippen LogP contribution in [-0.4, -0.2) is 53.1 Å². The molecule has 0 aromatic heterocycles. The lowest BCUT2D eigenvalue weighted by molar-refractivity contribution is -0.130. The first-order valence-electron chi connectivity index (χ1n) is 16.4. The van der Waals surface area contributed by atoms with Gasteiger partial charge < -0.3 is 15.5 Å². The number of carbonyl (C=O) groups excluding carboxylic acids is 1. The van der Waals surface area contributed by atoms with Crippen molar-refractivity contribution >= 4 is 16.0 Å². The number of amides is 1. The Morgan fingerprint density at radius 2 is 1.07 bits per heavy atom. The molecule has 244 valence electrons. The van der Waals surface area contributed by atoms with Gasteiger partial charge in [0.05, 0.1) is 17.9 Å². The van der Waals surface area contributed by atoms with E-state index in [1.807, 2.05) is 0 Å². The minimum Gasteiger partial charge on any atom is -0.387 e. The number of hydrogen-bond acceptors (Lipinski definition) is 5. The summed E-state index contributed by atoms with van der Waals surface area (Å²) < 4.78 is 32.2. The number of rotatable bonds is 28. The molecule has 0 aliphatic heterocycles. The van der Waals surface area contributed by atoms with Crippen LogP contribution in [0.15, 0.2) is 48.6 Å². The molecule has 7 nitrogen and oxygen atoms in total. The smallest absolute Gasteiger partial charge is 0.267 e. The molecule has 0 bridgehead atoms. The predicted molar refractivity (Wildman–Crippen MR) is 176 cm³/mol. The van der Waals surface area contributed by atoms with Crippen molar-refractivity contribution in [1.82, 2.24) is 5.32 Å². The van der Waals surface area contributed by atoms with Crippen molar-refractivity contribution in [3.05, 3.63) is 48.6 Å². The Kier molecular flexibility index (Phi) is 26.9. The van der Waals surface area contributed by atoms with E-state index < -0.39 is 40.0 Å². The fourth-order valence-electron chi connectivity index (χ4n) is 4.48. The minimum absolute atomic E-state index is 0.254. The molecule has 0 radical (unpaired) electrons. The Hall–Kier alpha value is -1.74. The van der Waals surface area contributed by atoms with Gasteiger partial charge in [0.15, 0.2) is 0 Å². The summed E-state index contributed by atoms with van der Waals surface area (Å²) in [5, 5.41) is 23.1. The van der Waals surface area contributed by atoms with Crippen LogP contribution in [0, 0.1) is 0 Å². The van der Waals surface area contributed by atoms with Gasteiger partial charge >= 0.3 is 0 Å². The summed E-state index contributed by atoms with van der Waals surface area (Å²) in [5.74, 6) is -1.58. The quantitative estimate of drug-likeness (QED) is 0.0407. The number of aliphatic hydroxyl groups excluding tert-OH is 2. The third-order valence-electron chi connectivity index (χ3n) is 7.06. The zero-order chi connectivity index (χ0) is 31.3. The van der Waals surface area contributed by atoms with Crippen LogP contribution in [0.5, 0.6) is 0 Å². The van der Waals surface area contributed by atoms with Gasteiger partial charge in [-0.3, -0.25) is 9.35 Å². The fourth-order valence-corrected chi connectivity index (χ4v) is 5.21. The molecule has 0 saturated carbocycles. The summed E-state index contributed by atoms with van der Waals surface area (Å²) in [7, 11) is -4.45. The summed E-state index contributed by atoms with van der Waals surface area (Å²) in [4.78, 5) is 12.5. The van der Waals surface area contributed by atoms with Gasteiger partial charge in [-0.2, -0.15) is 8.42 Å². The second-order valence-corrected chi connectivity index (χ2v) is 12.7. The predicted octanol–water partition coefficient (Wildman–Crippen LogP) is 7.76. The van der Waals surface area contributed by atoms with E-state index in [1.165, 1.54) is 51.0 Å². The monoisotopic (exact) mass is 611 g/mol. The van der Waals surface area contributed by atoms with Crippen LogP contribution < -0.4 is 5.32 Å². The molecular weight excluding hydrogens is 550 g/mol. The van der Waals surface area contributed by atoms with Gasteiger partial charge in [-0.05, 0) is 70.6 Å². The maximum absolute atomic E-state index is 12.5. The summed E-state index contributed by atoms with van der Waals surface area (Å²) in [6, 6.07) is -1.26. The lowest BCUT2D eigenvalue weighted by atomic mass is 10.1. The van der Waals surface area contributed by atoms with Crippen molar-refractivity contribution < 1.29 is 28.0 Å². The Morgan fingerprint density at radius 1 is 0.643 bits per heavy atom. The average Bonchev–Trinajstić information content (AvgIpc) is 2.94. The number of carbonyl (C=O) groups is 1. The molecule has 0 aliphatic rings. The SMILES string of the molecule is CCCCC/C=C\CCCCCCC(O)C(=O)NC(CS(=O)(=O)O)C(O)/C=C/CC/C=C/CC/C=C/CCCCCC. The van der Waals surface area contributed by atoms with Crippen molar-refractivity contribution in [2.45, 2.75) is 154 Å². The van der Waals surface area contributed by atoms with Crippen LogP contribution in [-0.2, 0) is 14.9 Å². The first-order chi connectivity index (χ1) is 20.2. The van der Waals surface area contributed by atoms with E-state index in [0.29, 0.717) is 12.8 Å². The number of unbranched alkanes of at least 4 members (excludes halogenated alkanes) is 13. The van der Waals surface area contributed by atoms with Crippen molar-refractivity contribution in [3.8, 4) is 0 Å². The van der Waals surface area contributed by atoms with E-state index in [9.17, 15) is 28.0 Å². The number of aliphatic hydroxyl groups is 2. The lowest BCUT2D eigenvalue weighted by Crippen LogP contribution is -2.50. The first kappa shape index (κ1) is 40.3. The molecule has 0 spiro atoms. The number of hydrogen-bond donors (Lipinski definition) is 4.